The summed E-state index contributed by atoms with van der Waals surface area (Å²) in [6.07, 6.45) is 7.47. The molecule has 0 aliphatic heterocycles. The monoisotopic (exact) mass is 604 g/mol. The minimum absolute atomic E-state index is 0. The van der Waals surface area contributed by atoms with Crippen LogP contribution in [0.25, 0.3) is 0 Å². The van der Waals surface area contributed by atoms with Crippen LogP contribution in [-0.4, -0.2) is 48.9 Å². The van der Waals surface area contributed by atoms with Crippen LogP contribution in [0.1, 0.15) is 190 Å². The van der Waals surface area contributed by atoms with E-state index in [0.29, 0.717) is 35.5 Å². The van der Waals surface area contributed by atoms with Crippen molar-refractivity contribution in [3.05, 3.63) is 57.6 Å². The zero-order valence-electron chi connectivity index (χ0n) is 25.7. The average Bonchev–Trinajstić information content (AvgIpc) is 3.51. The summed E-state index contributed by atoms with van der Waals surface area (Å²) < 4.78 is 0. The van der Waals surface area contributed by atoms with Gasteiger partial charge in [0.05, 0.1) is 0 Å². The fourth-order valence-corrected chi connectivity index (χ4v) is 5.20. The van der Waals surface area contributed by atoms with Gasteiger partial charge in [0.25, 0.3) is 0 Å². The first-order valence-corrected chi connectivity index (χ1v) is 14.7. The molecular formula is C34H58Ba. The zero-order valence-corrected chi connectivity index (χ0v) is 30.2. The Morgan fingerprint density at radius 1 is 0.486 bits per heavy atom. The van der Waals surface area contributed by atoms with Gasteiger partial charge in [-0.1, -0.05) is 145 Å². The van der Waals surface area contributed by atoms with Gasteiger partial charge < -0.3 is 0 Å². The van der Waals surface area contributed by atoms with Gasteiger partial charge in [-0.15, -0.1) is 0 Å². The Balaban J connectivity index is 0.000000642. The third kappa shape index (κ3) is 9.20. The van der Waals surface area contributed by atoms with Crippen LogP contribution in [0.4, 0.5) is 0 Å². The second kappa shape index (κ2) is 17.7. The summed E-state index contributed by atoms with van der Waals surface area (Å²) in [6, 6.07) is 9.54. The SMILES string of the molecule is CCC(C)c1cc[c-](C(C)CC)c1C(C)CC.CCC(C)c1cc[c-](C(C)CC)c1C(C)CC.[Ba+2]. The van der Waals surface area contributed by atoms with Crippen molar-refractivity contribution in [2.75, 3.05) is 0 Å². The molecule has 6 unspecified atom stereocenters. The van der Waals surface area contributed by atoms with Crippen LogP contribution in [0.5, 0.6) is 0 Å². The summed E-state index contributed by atoms with van der Waals surface area (Å²) in [5.41, 5.74) is 9.76. The Morgan fingerprint density at radius 2 is 0.771 bits per heavy atom. The van der Waals surface area contributed by atoms with Gasteiger partial charge in [0.1, 0.15) is 0 Å². The minimum Gasteiger partial charge on any atom is -0.210 e. The van der Waals surface area contributed by atoms with Gasteiger partial charge in [-0.3, -0.25) is 0 Å². The van der Waals surface area contributed by atoms with Gasteiger partial charge in [0.2, 0.25) is 0 Å². The van der Waals surface area contributed by atoms with Crippen molar-refractivity contribution in [3.63, 3.8) is 0 Å². The van der Waals surface area contributed by atoms with Gasteiger partial charge in [-0.2, -0.15) is 45.5 Å². The summed E-state index contributed by atoms with van der Waals surface area (Å²) in [5, 5.41) is 0. The van der Waals surface area contributed by atoms with Gasteiger partial charge in [-0.25, -0.2) is 12.1 Å². The molecule has 0 fully saturated rings. The second-order valence-electron chi connectivity index (χ2n) is 11.2. The van der Waals surface area contributed by atoms with Crippen LogP contribution in [0.15, 0.2) is 24.3 Å². The first-order chi connectivity index (χ1) is 16.1. The van der Waals surface area contributed by atoms with Crippen molar-refractivity contribution >= 4 is 48.9 Å². The van der Waals surface area contributed by atoms with E-state index in [1.54, 1.807) is 33.4 Å². The molecule has 6 atom stereocenters. The molecule has 0 saturated carbocycles. The van der Waals surface area contributed by atoms with Crippen molar-refractivity contribution in [2.24, 2.45) is 0 Å². The van der Waals surface area contributed by atoms with E-state index in [9.17, 15) is 0 Å². The molecular weight excluding hydrogens is 546 g/mol. The topological polar surface area (TPSA) is 0 Å². The molecule has 0 aliphatic carbocycles. The Morgan fingerprint density at radius 3 is 1.00 bits per heavy atom. The van der Waals surface area contributed by atoms with Crippen molar-refractivity contribution in [3.8, 4) is 0 Å². The summed E-state index contributed by atoms with van der Waals surface area (Å²) in [7, 11) is 0. The Bertz CT molecular complexity index is 683. The quantitative estimate of drug-likeness (QED) is 0.167. The summed E-state index contributed by atoms with van der Waals surface area (Å²) >= 11 is 0. The van der Waals surface area contributed by atoms with E-state index < -0.39 is 0 Å². The second-order valence-corrected chi connectivity index (χ2v) is 11.2. The van der Waals surface area contributed by atoms with E-state index in [4.69, 9.17) is 0 Å². The molecule has 0 saturated heterocycles. The van der Waals surface area contributed by atoms with Crippen LogP contribution in [0.3, 0.4) is 0 Å². The van der Waals surface area contributed by atoms with E-state index in [-0.39, 0.29) is 48.9 Å². The van der Waals surface area contributed by atoms with E-state index >= 15 is 0 Å². The Hall–Kier alpha value is 0.271. The van der Waals surface area contributed by atoms with Gasteiger partial charge in [0, 0.05) is 0 Å². The molecule has 0 bridgehead atoms. The average molecular weight is 604 g/mol. The standard InChI is InChI=1S/2C17H29.Ba/c2*1-7-12(4)15-10-11-16(13(5)8-2)17(15)14(6)9-3;/h2*10-14H,7-9H2,1-6H3;/q2*-1;+2. The molecule has 0 radical (unpaired) electrons. The first kappa shape index (κ1) is 35.3. The third-order valence-electron chi connectivity index (χ3n) is 8.91. The van der Waals surface area contributed by atoms with E-state index in [0.717, 1.165) is 0 Å². The van der Waals surface area contributed by atoms with Crippen LogP contribution in [0.2, 0.25) is 0 Å². The van der Waals surface area contributed by atoms with Crippen LogP contribution in [0, 0.1) is 0 Å². The van der Waals surface area contributed by atoms with E-state index in [2.05, 4.69) is 107 Å². The molecule has 0 aliphatic rings. The first-order valence-electron chi connectivity index (χ1n) is 14.7. The largest absolute Gasteiger partial charge is 2.00 e. The minimum atomic E-state index is 0. The number of hydrogen-bond donors (Lipinski definition) is 0. The van der Waals surface area contributed by atoms with E-state index in [1.165, 1.54) is 38.5 Å². The van der Waals surface area contributed by atoms with Crippen LogP contribution >= 0.6 is 0 Å². The maximum atomic E-state index is 2.39. The molecule has 0 nitrogen and oxygen atoms in total. The molecule has 0 amide bonds. The number of rotatable bonds is 12. The van der Waals surface area contributed by atoms with Crippen molar-refractivity contribution in [2.45, 2.75) is 157 Å². The van der Waals surface area contributed by atoms with Crippen molar-refractivity contribution in [1.82, 2.24) is 0 Å². The van der Waals surface area contributed by atoms with E-state index in [1.807, 2.05) is 0 Å². The molecule has 35 heavy (non-hydrogen) atoms. The third-order valence-corrected chi connectivity index (χ3v) is 8.91. The maximum Gasteiger partial charge on any atom is 2.00 e. The van der Waals surface area contributed by atoms with Crippen LogP contribution < -0.4 is 0 Å². The zero-order chi connectivity index (χ0) is 26.0. The molecule has 0 spiro atoms. The molecule has 0 aromatic heterocycles. The van der Waals surface area contributed by atoms with Crippen molar-refractivity contribution in [1.29, 1.82) is 0 Å². The smallest absolute Gasteiger partial charge is 0.210 e. The predicted molar refractivity (Wildman–Crippen MR) is 162 cm³/mol. The Labute approximate surface area is 261 Å². The molecule has 0 heterocycles. The molecule has 2 aromatic carbocycles. The predicted octanol–water partition coefficient (Wildman–Crippen LogP) is 11.5. The van der Waals surface area contributed by atoms with Crippen LogP contribution in [-0.2, 0) is 0 Å². The summed E-state index contributed by atoms with van der Waals surface area (Å²) in [4.78, 5) is 0. The molecule has 196 valence electrons. The normalized spacial score (nSPS) is 16.3. The van der Waals surface area contributed by atoms with Gasteiger partial charge >= 0.3 is 48.9 Å². The Kier molecular flexibility index (Phi) is 17.9. The molecule has 2 rings (SSSR count). The summed E-state index contributed by atoms with van der Waals surface area (Å²) in [6.45, 7) is 28.0. The molecule has 0 N–H and O–H groups in total. The fraction of sp³-hybridized carbons (Fsp3) is 0.706. The van der Waals surface area contributed by atoms with Gasteiger partial charge in [0.15, 0.2) is 0 Å². The van der Waals surface area contributed by atoms with Gasteiger partial charge in [-0.05, 0) is 11.8 Å². The maximum absolute atomic E-state index is 2.39. The molecule has 2 aromatic rings. The van der Waals surface area contributed by atoms with Crippen molar-refractivity contribution < 1.29 is 0 Å². The fourth-order valence-electron chi connectivity index (χ4n) is 5.20. The summed E-state index contributed by atoms with van der Waals surface area (Å²) in [5.74, 6) is 4.23. The molecule has 1 heteroatoms. The number of hydrogen-bond acceptors (Lipinski definition) is 0.